The van der Waals surface area contributed by atoms with Gasteiger partial charge in [0.15, 0.2) is 0 Å². The number of carbonyl (C=O) groups is 1. The van der Waals surface area contributed by atoms with Crippen LogP contribution in [0.4, 0.5) is 0 Å². The van der Waals surface area contributed by atoms with Gasteiger partial charge in [-0.2, -0.15) is 5.10 Å². The first kappa shape index (κ1) is 18.1. The van der Waals surface area contributed by atoms with Gasteiger partial charge in [-0.25, -0.2) is 0 Å². The Morgan fingerprint density at radius 3 is 2.63 bits per heavy atom. The van der Waals surface area contributed by atoms with E-state index < -0.39 is 0 Å². The van der Waals surface area contributed by atoms with Gasteiger partial charge in [-0.05, 0) is 42.5 Å². The second kappa shape index (κ2) is 8.59. The number of nitrogens with zero attached hydrogens (tertiary/aromatic N) is 1. The average Bonchev–Trinajstić information content (AvgIpc) is 3.21. The summed E-state index contributed by atoms with van der Waals surface area (Å²) < 4.78 is 10.4. The van der Waals surface area contributed by atoms with E-state index in [0.29, 0.717) is 17.1 Å². The van der Waals surface area contributed by atoms with Gasteiger partial charge in [0.05, 0.1) is 26.5 Å². The molecule has 0 bridgehead atoms. The molecule has 2 N–H and O–H groups in total. The maximum atomic E-state index is 12.2. The number of benzene rings is 2. The van der Waals surface area contributed by atoms with Crippen molar-refractivity contribution in [2.75, 3.05) is 20.8 Å². The van der Waals surface area contributed by atoms with Gasteiger partial charge in [0, 0.05) is 11.1 Å². The minimum absolute atomic E-state index is 0.230. The van der Waals surface area contributed by atoms with Gasteiger partial charge in [0.1, 0.15) is 17.2 Å². The maximum Gasteiger partial charge on any atom is 0.270 e. The van der Waals surface area contributed by atoms with Crippen molar-refractivity contribution in [3.8, 4) is 34.6 Å². The highest BCUT2D eigenvalue weighted by Gasteiger charge is 2.12. The van der Waals surface area contributed by atoms with E-state index in [9.17, 15) is 4.79 Å². The molecule has 3 aromatic rings. The number of aromatic nitrogens is 2. The van der Waals surface area contributed by atoms with Crippen molar-refractivity contribution in [3.63, 3.8) is 0 Å². The minimum atomic E-state index is -0.271. The van der Waals surface area contributed by atoms with Crippen molar-refractivity contribution in [3.05, 3.63) is 65.9 Å². The highest BCUT2D eigenvalue weighted by molar-refractivity contribution is 5.93. The van der Waals surface area contributed by atoms with Crippen LogP contribution in [0.15, 0.2) is 54.6 Å². The number of rotatable bonds is 5. The molecular weight excluding hydrogens is 342 g/mol. The summed E-state index contributed by atoms with van der Waals surface area (Å²) in [5.41, 5.74) is 2.67. The lowest BCUT2D eigenvalue weighted by Gasteiger charge is -2.04. The molecule has 0 atom stereocenters. The molecule has 0 saturated carbocycles. The Kier molecular flexibility index (Phi) is 5.75. The Balaban J connectivity index is 1.61. The van der Waals surface area contributed by atoms with E-state index in [1.807, 2.05) is 48.5 Å². The van der Waals surface area contributed by atoms with Gasteiger partial charge >= 0.3 is 0 Å². The quantitative estimate of drug-likeness (QED) is 0.685. The van der Waals surface area contributed by atoms with Crippen LogP contribution in [0.25, 0.3) is 11.3 Å². The van der Waals surface area contributed by atoms with Crippen LogP contribution in [0.5, 0.6) is 11.5 Å². The second-order valence-corrected chi connectivity index (χ2v) is 5.58. The molecule has 0 unspecified atom stereocenters. The van der Waals surface area contributed by atoms with Crippen molar-refractivity contribution in [1.82, 2.24) is 15.5 Å². The summed E-state index contributed by atoms with van der Waals surface area (Å²) in [5, 5.41) is 9.69. The summed E-state index contributed by atoms with van der Waals surface area (Å²) in [5.74, 6) is 7.11. The molecule has 6 heteroatoms. The Hall–Kier alpha value is -3.72. The van der Waals surface area contributed by atoms with Crippen LogP contribution >= 0.6 is 0 Å². The van der Waals surface area contributed by atoms with Crippen LogP contribution < -0.4 is 14.8 Å². The smallest absolute Gasteiger partial charge is 0.270 e. The number of methoxy groups -OCH3 is 2. The van der Waals surface area contributed by atoms with Crippen LogP contribution in [0.1, 0.15) is 16.1 Å². The van der Waals surface area contributed by atoms with E-state index >= 15 is 0 Å². The summed E-state index contributed by atoms with van der Waals surface area (Å²) in [6.07, 6.45) is 0. The lowest BCUT2D eigenvalue weighted by Crippen LogP contribution is -2.23. The molecular formula is C21H19N3O3. The first-order chi connectivity index (χ1) is 13.2. The fourth-order valence-electron chi connectivity index (χ4n) is 2.47. The highest BCUT2D eigenvalue weighted by Crippen LogP contribution is 2.28. The van der Waals surface area contributed by atoms with E-state index in [4.69, 9.17) is 9.47 Å². The predicted molar refractivity (Wildman–Crippen MR) is 103 cm³/mol. The van der Waals surface area contributed by atoms with E-state index in [1.54, 1.807) is 20.3 Å². The molecule has 0 radical (unpaired) electrons. The number of ether oxygens (including phenoxy) is 2. The summed E-state index contributed by atoms with van der Waals surface area (Å²) >= 11 is 0. The zero-order valence-electron chi connectivity index (χ0n) is 15.1. The largest absolute Gasteiger partial charge is 0.497 e. The molecule has 0 aliphatic carbocycles. The van der Waals surface area contributed by atoms with Gasteiger partial charge < -0.3 is 14.8 Å². The molecule has 1 amide bonds. The summed E-state index contributed by atoms with van der Waals surface area (Å²) in [4.78, 5) is 12.2. The molecule has 1 aromatic heterocycles. The second-order valence-electron chi connectivity index (χ2n) is 5.58. The molecule has 0 spiro atoms. The third-order valence-corrected chi connectivity index (χ3v) is 3.87. The lowest BCUT2D eigenvalue weighted by molar-refractivity contribution is 0.0953. The topological polar surface area (TPSA) is 76.2 Å². The number of amides is 1. The minimum Gasteiger partial charge on any atom is -0.497 e. The summed E-state index contributed by atoms with van der Waals surface area (Å²) in [6, 6.07) is 16.6. The van der Waals surface area contributed by atoms with Gasteiger partial charge in [-0.3, -0.25) is 9.89 Å². The van der Waals surface area contributed by atoms with E-state index in [-0.39, 0.29) is 12.5 Å². The third-order valence-electron chi connectivity index (χ3n) is 3.87. The van der Waals surface area contributed by atoms with Gasteiger partial charge in [-0.15, -0.1) is 0 Å². The van der Waals surface area contributed by atoms with Crippen molar-refractivity contribution >= 4 is 5.91 Å². The van der Waals surface area contributed by atoms with Crippen molar-refractivity contribution in [2.45, 2.75) is 0 Å². The first-order valence-corrected chi connectivity index (χ1v) is 8.31. The molecule has 0 saturated heterocycles. The number of hydrogen-bond acceptors (Lipinski definition) is 4. The predicted octanol–water partition coefficient (Wildman–Crippen LogP) is 2.88. The molecule has 27 heavy (non-hydrogen) atoms. The van der Waals surface area contributed by atoms with Crippen LogP contribution in [-0.4, -0.2) is 36.9 Å². The van der Waals surface area contributed by atoms with Crippen LogP contribution in [-0.2, 0) is 0 Å². The molecule has 136 valence electrons. The standard InChI is InChI=1S/C21H19N3O3/c1-26-16-11-9-15(10-12-16)6-5-13-22-21(25)19-14-18(23-24-19)17-7-3-4-8-20(17)27-2/h3-4,7-12,14H,13H2,1-2H3,(H,22,25)(H,23,24). The van der Waals surface area contributed by atoms with E-state index in [2.05, 4.69) is 27.4 Å². The fourth-order valence-corrected chi connectivity index (χ4v) is 2.47. The highest BCUT2D eigenvalue weighted by atomic mass is 16.5. The van der Waals surface area contributed by atoms with Gasteiger partial charge in [0.25, 0.3) is 5.91 Å². The van der Waals surface area contributed by atoms with Crippen molar-refractivity contribution in [2.24, 2.45) is 0 Å². The van der Waals surface area contributed by atoms with Gasteiger partial charge in [-0.1, -0.05) is 24.0 Å². The molecule has 0 fully saturated rings. The Morgan fingerprint density at radius 2 is 1.89 bits per heavy atom. The number of para-hydroxylation sites is 1. The normalized spacial score (nSPS) is 9.85. The zero-order valence-corrected chi connectivity index (χ0v) is 15.1. The van der Waals surface area contributed by atoms with E-state index in [0.717, 1.165) is 16.9 Å². The SMILES string of the molecule is COc1ccc(C#CCNC(=O)c2cc(-c3ccccc3OC)n[nH]2)cc1. The Morgan fingerprint density at radius 1 is 1.11 bits per heavy atom. The molecule has 0 aliphatic heterocycles. The van der Waals surface area contributed by atoms with Crippen LogP contribution in [0.2, 0.25) is 0 Å². The molecule has 1 heterocycles. The third kappa shape index (κ3) is 4.47. The van der Waals surface area contributed by atoms with Crippen LogP contribution in [0.3, 0.4) is 0 Å². The molecule has 6 nitrogen and oxygen atoms in total. The Labute approximate surface area is 157 Å². The summed E-state index contributed by atoms with van der Waals surface area (Å²) in [6.45, 7) is 0.230. The van der Waals surface area contributed by atoms with Crippen molar-refractivity contribution < 1.29 is 14.3 Å². The zero-order chi connectivity index (χ0) is 19.1. The number of aromatic amines is 1. The maximum absolute atomic E-state index is 12.2. The lowest BCUT2D eigenvalue weighted by atomic mass is 10.1. The number of nitrogens with one attached hydrogen (secondary N) is 2. The Bertz CT molecular complexity index is 982. The number of carbonyl (C=O) groups excluding carboxylic acids is 1. The van der Waals surface area contributed by atoms with E-state index in [1.165, 1.54) is 0 Å². The number of hydrogen-bond donors (Lipinski definition) is 2. The monoisotopic (exact) mass is 361 g/mol. The van der Waals surface area contributed by atoms with Gasteiger partial charge in [0.2, 0.25) is 0 Å². The van der Waals surface area contributed by atoms with Crippen LogP contribution in [0, 0.1) is 11.8 Å². The first-order valence-electron chi connectivity index (χ1n) is 8.31. The molecule has 2 aromatic carbocycles. The average molecular weight is 361 g/mol. The molecule has 3 rings (SSSR count). The van der Waals surface area contributed by atoms with Crippen molar-refractivity contribution in [1.29, 1.82) is 0 Å². The fraction of sp³-hybridized carbons (Fsp3) is 0.143. The molecule has 0 aliphatic rings. The number of H-pyrrole nitrogens is 1. The summed E-state index contributed by atoms with van der Waals surface area (Å²) in [7, 11) is 3.21.